The van der Waals surface area contributed by atoms with Crippen LogP contribution in [0.5, 0.6) is 0 Å². The summed E-state index contributed by atoms with van der Waals surface area (Å²) in [6, 6.07) is 9.58. The first-order valence-electron chi connectivity index (χ1n) is 7.13. The molecule has 1 aliphatic rings. The Kier molecular flexibility index (Phi) is 6.54. The van der Waals surface area contributed by atoms with Crippen molar-refractivity contribution in [3.05, 3.63) is 38.5 Å². The van der Waals surface area contributed by atoms with E-state index in [1.165, 1.54) is 42.8 Å². The Morgan fingerprint density at radius 2 is 1.86 bits per heavy atom. The van der Waals surface area contributed by atoms with Crippen molar-refractivity contribution in [2.45, 2.75) is 32.1 Å². The summed E-state index contributed by atoms with van der Waals surface area (Å²) in [6.45, 7) is 0. The quantitative estimate of drug-likeness (QED) is 0.416. The third-order valence-electron chi connectivity index (χ3n) is 3.73. The molecule has 0 atom stereocenters. The summed E-state index contributed by atoms with van der Waals surface area (Å²) in [5.74, 6) is 0.532. The number of rotatable bonds is 3. The minimum atomic E-state index is -0.377. The molecule has 0 radical (unpaired) electrons. The van der Waals surface area contributed by atoms with E-state index in [0.29, 0.717) is 5.92 Å². The number of hydrogen-bond donors (Lipinski definition) is 0. The van der Waals surface area contributed by atoms with Gasteiger partial charge in [-0.2, -0.15) is 0 Å². The van der Waals surface area contributed by atoms with Crippen molar-refractivity contribution in [2.75, 3.05) is 12.0 Å². The maximum Gasteiger partial charge on any atom is 0.419 e. The van der Waals surface area contributed by atoms with Crippen LogP contribution < -0.4 is 4.90 Å². The zero-order valence-electron chi connectivity index (χ0n) is 12.0. The molecule has 0 N–H and O–H groups in total. The molecular formula is C16H19BrINO2. The minimum Gasteiger partial charge on any atom is -0.452 e. The fourth-order valence-electron chi connectivity index (χ4n) is 2.60. The molecule has 0 spiro atoms. The molecule has 5 heteroatoms. The first kappa shape index (κ1) is 16.8. The number of nitrogens with zero attached hydrogens (tertiary/aromatic N) is 1. The Bertz CT molecular complexity index is 512. The average molecular weight is 464 g/mol. The number of para-hydroxylation sites is 1. The number of benzene rings is 1. The van der Waals surface area contributed by atoms with E-state index in [2.05, 4.69) is 38.5 Å². The predicted octanol–water partition coefficient (Wildman–Crippen LogP) is 5.84. The zero-order chi connectivity index (χ0) is 15.2. The van der Waals surface area contributed by atoms with Gasteiger partial charge in [0.05, 0.1) is 12.8 Å². The monoisotopic (exact) mass is 463 g/mol. The Labute approximate surface area is 148 Å². The van der Waals surface area contributed by atoms with Crippen molar-refractivity contribution in [3.8, 4) is 0 Å². The van der Waals surface area contributed by atoms with Crippen molar-refractivity contribution >= 4 is 50.3 Å². The van der Waals surface area contributed by atoms with Crippen LogP contribution in [-0.2, 0) is 4.74 Å². The number of hydrogen-bond acceptors (Lipinski definition) is 2. The van der Waals surface area contributed by atoms with E-state index in [9.17, 15) is 4.79 Å². The zero-order valence-corrected chi connectivity index (χ0v) is 15.8. The molecule has 0 heterocycles. The number of carbonyl (C=O) groups is 1. The first-order chi connectivity index (χ1) is 10.1. The highest BCUT2D eigenvalue weighted by molar-refractivity contribution is 14.1. The van der Waals surface area contributed by atoms with Gasteiger partial charge in [0.1, 0.15) is 4.61 Å². The average Bonchev–Trinajstić information content (AvgIpc) is 2.55. The molecule has 0 bridgehead atoms. The van der Waals surface area contributed by atoms with Crippen molar-refractivity contribution in [1.29, 1.82) is 0 Å². The lowest BCUT2D eigenvalue weighted by molar-refractivity contribution is 0.181. The van der Waals surface area contributed by atoms with Crippen molar-refractivity contribution in [2.24, 2.45) is 5.92 Å². The van der Waals surface area contributed by atoms with Crippen LogP contribution in [0.25, 0.3) is 0 Å². The third-order valence-corrected chi connectivity index (χ3v) is 6.64. The molecule has 1 amide bonds. The second kappa shape index (κ2) is 8.17. The van der Waals surface area contributed by atoms with Gasteiger partial charge >= 0.3 is 6.09 Å². The second-order valence-corrected chi connectivity index (χ2v) is 7.03. The van der Waals surface area contributed by atoms with Gasteiger partial charge in [0, 0.05) is 3.58 Å². The maximum atomic E-state index is 12.2. The van der Waals surface area contributed by atoms with Crippen LogP contribution in [0.4, 0.5) is 10.5 Å². The van der Waals surface area contributed by atoms with Gasteiger partial charge in [0.25, 0.3) is 0 Å². The number of halogens is 2. The molecule has 0 unspecified atom stereocenters. The maximum absolute atomic E-state index is 12.2. The highest BCUT2D eigenvalue weighted by atomic mass is 127. The number of carbonyl (C=O) groups excluding carboxylic acids is 1. The highest BCUT2D eigenvalue weighted by Gasteiger charge is 2.25. The molecule has 1 fully saturated rings. The second-order valence-electron chi connectivity index (χ2n) is 5.11. The summed E-state index contributed by atoms with van der Waals surface area (Å²) >= 11 is 5.98. The summed E-state index contributed by atoms with van der Waals surface area (Å²) in [4.78, 5) is 13.8. The molecular weight excluding hydrogens is 445 g/mol. The number of methoxy groups -OCH3 is 1. The van der Waals surface area contributed by atoms with Crippen LogP contribution in [0, 0.1) is 5.92 Å². The Morgan fingerprint density at radius 3 is 2.43 bits per heavy atom. The summed E-state index contributed by atoms with van der Waals surface area (Å²) < 4.78 is 6.94. The molecule has 1 saturated carbocycles. The smallest absolute Gasteiger partial charge is 0.419 e. The lowest BCUT2D eigenvalue weighted by atomic mass is 9.89. The molecule has 0 aromatic heterocycles. The lowest BCUT2D eigenvalue weighted by Crippen LogP contribution is -2.29. The lowest BCUT2D eigenvalue weighted by Gasteiger charge is -2.27. The van der Waals surface area contributed by atoms with Crippen molar-refractivity contribution < 1.29 is 9.53 Å². The van der Waals surface area contributed by atoms with Crippen molar-refractivity contribution in [3.63, 3.8) is 0 Å². The van der Waals surface area contributed by atoms with Crippen LogP contribution in [-0.4, -0.2) is 13.2 Å². The molecule has 0 aliphatic heterocycles. The van der Waals surface area contributed by atoms with E-state index in [1.54, 1.807) is 4.90 Å². The van der Waals surface area contributed by atoms with E-state index in [4.69, 9.17) is 4.74 Å². The molecule has 0 saturated heterocycles. The van der Waals surface area contributed by atoms with Gasteiger partial charge in [0.2, 0.25) is 0 Å². The first-order valence-corrected chi connectivity index (χ1v) is 9.00. The molecule has 21 heavy (non-hydrogen) atoms. The topological polar surface area (TPSA) is 29.5 Å². The van der Waals surface area contributed by atoms with Gasteiger partial charge in [-0.25, -0.2) is 9.69 Å². The van der Waals surface area contributed by atoms with Gasteiger partial charge in [-0.3, -0.25) is 0 Å². The van der Waals surface area contributed by atoms with E-state index < -0.39 is 0 Å². The van der Waals surface area contributed by atoms with Crippen LogP contribution in [0.15, 0.2) is 38.5 Å². The summed E-state index contributed by atoms with van der Waals surface area (Å²) in [5, 5.41) is 0. The number of anilines is 1. The van der Waals surface area contributed by atoms with Crippen LogP contribution in [0.3, 0.4) is 0 Å². The van der Waals surface area contributed by atoms with Crippen molar-refractivity contribution in [1.82, 2.24) is 0 Å². The molecule has 1 aliphatic carbocycles. The molecule has 114 valence electrons. The Balaban J connectivity index is 2.33. The fourth-order valence-corrected chi connectivity index (χ4v) is 4.14. The van der Waals surface area contributed by atoms with Crippen LogP contribution in [0.1, 0.15) is 32.1 Å². The van der Waals surface area contributed by atoms with E-state index in [1.807, 2.05) is 30.3 Å². The number of ether oxygens (including phenoxy) is 1. The molecule has 3 nitrogen and oxygen atoms in total. The summed E-state index contributed by atoms with van der Waals surface area (Å²) in [7, 11) is 1.41. The van der Waals surface area contributed by atoms with Gasteiger partial charge in [0.15, 0.2) is 0 Å². The van der Waals surface area contributed by atoms with Crippen LogP contribution in [0.2, 0.25) is 0 Å². The highest BCUT2D eigenvalue weighted by Crippen LogP contribution is 2.39. The predicted molar refractivity (Wildman–Crippen MR) is 97.9 cm³/mol. The van der Waals surface area contributed by atoms with E-state index in [0.717, 1.165) is 10.3 Å². The molecule has 1 aromatic rings. The molecule has 1 aromatic carbocycles. The van der Waals surface area contributed by atoms with E-state index in [-0.39, 0.29) is 6.09 Å². The Morgan fingerprint density at radius 1 is 1.24 bits per heavy atom. The van der Waals surface area contributed by atoms with Crippen LogP contribution >= 0.6 is 38.5 Å². The number of allylic oxidation sites excluding steroid dienone is 1. The van der Waals surface area contributed by atoms with Gasteiger partial charge in [-0.15, -0.1) is 0 Å². The summed E-state index contributed by atoms with van der Waals surface area (Å²) in [6.07, 6.45) is 5.85. The summed E-state index contributed by atoms with van der Waals surface area (Å²) in [5.41, 5.74) is 0.807. The largest absolute Gasteiger partial charge is 0.452 e. The normalized spacial score (nSPS) is 17.1. The minimum absolute atomic E-state index is 0.377. The Hall–Kier alpha value is -0.560. The van der Waals surface area contributed by atoms with Gasteiger partial charge in [-0.1, -0.05) is 37.5 Å². The number of amides is 1. The van der Waals surface area contributed by atoms with E-state index >= 15 is 0 Å². The van der Waals surface area contributed by atoms with Gasteiger partial charge < -0.3 is 4.74 Å². The fraction of sp³-hybridized carbons (Fsp3) is 0.438. The SMILES string of the molecule is COC(=O)N(/C(Br)=C(\I)C1CCCCC1)c1ccccc1. The van der Waals surface area contributed by atoms with Gasteiger partial charge in [-0.05, 0) is 69.4 Å². The standard InChI is InChI=1S/C16H19BrINO2/c1-21-16(20)19(13-10-6-3-7-11-13)15(17)14(18)12-8-4-2-5-9-12/h3,6-7,10-12H,2,4-5,8-9H2,1H3/b15-14-. The molecule has 2 rings (SSSR count). The third kappa shape index (κ3) is 4.22.